The Kier molecular flexibility index (Phi) is 3.14. The van der Waals surface area contributed by atoms with Crippen LogP contribution in [0.3, 0.4) is 0 Å². The number of hydrogen-bond acceptors (Lipinski definition) is 7. The lowest BCUT2D eigenvalue weighted by molar-refractivity contribution is 0.603. The van der Waals surface area contributed by atoms with E-state index in [1.807, 2.05) is 0 Å². The predicted molar refractivity (Wildman–Crippen MR) is 76.4 cm³/mol. The molecular weight excluding hydrogens is 298 g/mol. The van der Waals surface area contributed by atoms with Crippen LogP contribution in [0.15, 0.2) is 28.0 Å². The van der Waals surface area contributed by atoms with E-state index in [2.05, 4.69) is 25.5 Å². The predicted octanol–water partition coefficient (Wildman–Crippen LogP) is 1.43. The van der Waals surface area contributed by atoms with Crippen LogP contribution >= 0.6 is 11.3 Å². The Hall–Kier alpha value is -2.00. The lowest BCUT2D eigenvalue weighted by Crippen LogP contribution is -2.06. The van der Waals surface area contributed by atoms with E-state index in [0.29, 0.717) is 27.8 Å². The van der Waals surface area contributed by atoms with Gasteiger partial charge in [-0.1, -0.05) is 0 Å². The molecule has 3 heterocycles. The van der Waals surface area contributed by atoms with Crippen LogP contribution in [-0.2, 0) is 16.4 Å². The molecule has 7 nitrogen and oxygen atoms in total. The normalized spacial score (nSPS) is 11.8. The average molecular weight is 309 g/mol. The van der Waals surface area contributed by atoms with Crippen LogP contribution in [0.2, 0.25) is 0 Å². The van der Waals surface area contributed by atoms with Crippen LogP contribution in [-0.4, -0.2) is 34.8 Å². The molecule has 3 rings (SSSR count). The second-order valence-electron chi connectivity index (χ2n) is 4.22. The van der Waals surface area contributed by atoms with E-state index < -0.39 is 9.84 Å². The summed E-state index contributed by atoms with van der Waals surface area (Å²) in [5, 5.41) is 11.4. The van der Waals surface area contributed by atoms with Gasteiger partial charge in [-0.2, -0.15) is 5.10 Å². The molecule has 0 bridgehead atoms. The van der Waals surface area contributed by atoms with Gasteiger partial charge in [0.05, 0.1) is 12.4 Å². The van der Waals surface area contributed by atoms with Crippen molar-refractivity contribution >= 4 is 38.2 Å². The van der Waals surface area contributed by atoms with Gasteiger partial charge in [-0.25, -0.2) is 18.4 Å². The van der Waals surface area contributed by atoms with Crippen LogP contribution in [0, 0.1) is 0 Å². The zero-order valence-corrected chi connectivity index (χ0v) is 12.1. The summed E-state index contributed by atoms with van der Waals surface area (Å²) < 4.78 is 23.6. The molecule has 0 aliphatic carbocycles. The molecule has 20 heavy (non-hydrogen) atoms. The zero-order valence-electron chi connectivity index (χ0n) is 10.5. The van der Waals surface area contributed by atoms with Gasteiger partial charge in [0, 0.05) is 18.4 Å². The highest BCUT2D eigenvalue weighted by Gasteiger charge is 2.14. The third kappa shape index (κ3) is 2.49. The van der Waals surface area contributed by atoms with Crippen molar-refractivity contribution < 1.29 is 8.42 Å². The minimum Gasteiger partial charge on any atom is -0.350 e. The van der Waals surface area contributed by atoms with E-state index in [-0.39, 0.29) is 0 Å². The molecule has 0 radical (unpaired) electrons. The topological polar surface area (TPSA) is 101 Å². The summed E-state index contributed by atoms with van der Waals surface area (Å²) in [7, 11) is -3.20. The maximum atomic E-state index is 11.6. The second kappa shape index (κ2) is 4.84. The Morgan fingerprint density at radius 2 is 2.25 bits per heavy atom. The number of fused-ring (bicyclic) bond motifs is 1. The maximum Gasteiger partial charge on any atom is 0.223 e. The van der Waals surface area contributed by atoms with Crippen molar-refractivity contribution in [3.63, 3.8) is 0 Å². The molecule has 0 amide bonds. The minimum absolute atomic E-state index is 0.356. The van der Waals surface area contributed by atoms with Crippen molar-refractivity contribution in [3.05, 3.63) is 29.4 Å². The highest BCUT2D eigenvalue weighted by molar-refractivity contribution is 7.92. The molecule has 104 valence electrons. The fourth-order valence-corrected chi connectivity index (χ4v) is 3.91. The summed E-state index contributed by atoms with van der Waals surface area (Å²) in [5.74, 6) is 0.435. The van der Waals surface area contributed by atoms with Crippen molar-refractivity contribution in [1.29, 1.82) is 0 Å². The highest BCUT2D eigenvalue weighted by Crippen LogP contribution is 2.23. The second-order valence-corrected chi connectivity index (χ2v) is 7.35. The molecule has 0 saturated heterocycles. The molecule has 0 aliphatic rings. The number of anilines is 1. The highest BCUT2D eigenvalue weighted by atomic mass is 32.2. The first kappa shape index (κ1) is 13.0. The SMILES string of the molecule is CS(=O)(=O)c1sccc1CNc1ncc2[nH]ncc2n1. The molecule has 9 heteroatoms. The number of nitrogens with one attached hydrogen (secondary N) is 2. The fourth-order valence-electron chi connectivity index (χ4n) is 1.78. The van der Waals surface area contributed by atoms with E-state index >= 15 is 0 Å². The number of nitrogens with zero attached hydrogens (tertiary/aromatic N) is 3. The quantitative estimate of drug-likeness (QED) is 0.756. The molecular formula is C11H11N5O2S2. The van der Waals surface area contributed by atoms with Crippen LogP contribution in [0.4, 0.5) is 5.95 Å². The lowest BCUT2D eigenvalue weighted by Gasteiger charge is -2.05. The molecule has 0 aromatic carbocycles. The summed E-state index contributed by atoms with van der Waals surface area (Å²) in [6.07, 6.45) is 4.44. The van der Waals surface area contributed by atoms with Gasteiger partial charge in [-0.05, 0) is 11.4 Å². The van der Waals surface area contributed by atoms with Gasteiger partial charge in [0.1, 0.15) is 15.2 Å². The first-order valence-electron chi connectivity index (χ1n) is 5.70. The monoisotopic (exact) mass is 309 g/mol. The molecule has 2 N–H and O–H groups in total. The smallest absolute Gasteiger partial charge is 0.223 e. The van der Waals surface area contributed by atoms with E-state index in [0.717, 1.165) is 5.52 Å². The standard InChI is InChI=1S/C11H11N5O2S2/c1-20(17,18)10-7(2-3-19-10)4-12-11-13-5-9-8(15-11)6-14-16-9/h2-3,5-6H,4H2,1H3,(H,14,16)(H,12,13,15). The number of H-pyrrole nitrogens is 1. The van der Waals surface area contributed by atoms with E-state index in [9.17, 15) is 8.42 Å². The fraction of sp³-hybridized carbons (Fsp3) is 0.182. The maximum absolute atomic E-state index is 11.6. The summed E-state index contributed by atoms with van der Waals surface area (Å²) in [4.78, 5) is 8.40. The van der Waals surface area contributed by atoms with Crippen LogP contribution in [0.1, 0.15) is 5.56 Å². The Labute approximate surface area is 119 Å². The van der Waals surface area contributed by atoms with Gasteiger partial charge in [-0.15, -0.1) is 11.3 Å². The van der Waals surface area contributed by atoms with Gasteiger partial charge in [0.25, 0.3) is 0 Å². The Morgan fingerprint density at radius 1 is 1.40 bits per heavy atom. The van der Waals surface area contributed by atoms with Gasteiger partial charge in [0.15, 0.2) is 9.84 Å². The van der Waals surface area contributed by atoms with E-state index in [4.69, 9.17) is 0 Å². The van der Waals surface area contributed by atoms with Gasteiger partial charge in [0.2, 0.25) is 5.95 Å². The van der Waals surface area contributed by atoms with Crippen molar-refractivity contribution in [2.24, 2.45) is 0 Å². The minimum atomic E-state index is -3.20. The van der Waals surface area contributed by atoms with Crippen LogP contribution < -0.4 is 5.32 Å². The third-order valence-corrected chi connectivity index (χ3v) is 5.55. The van der Waals surface area contributed by atoms with Gasteiger partial charge in [-0.3, -0.25) is 5.10 Å². The summed E-state index contributed by atoms with van der Waals surface area (Å²) in [6, 6.07) is 1.78. The number of rotatable bonds is 4. The molecule has 0 fully saturated rings. The summed E-state index contributed by atoms with van der Waals surface area (Å²) in [5.41, 5.74) is 2.17. The van der Waals surface area contributed by atoms with Crippen LogP contribution in [0.25, 0.3) is 11.0 Å². The molecule has 3 aromatic rings. The van der Waals surface area contributed by atoms with Gasteiger partial charge < -0.3 is 5.32 Å². The largest absolute Gasteiger partial charge is 0.350 e. The lowest BCUT2D eigenvalue weighted by atomic mass is 10.3. The number of aromatic amines is 1. The van der Waals surface area contributed by atoms with Gasteiger partial charge >= 0.3 is 0 Å². The van der Waals surface area contributed by atoms with E-state index in [1.54, 1.807) is 23.8 Å². The summed E-state index contributed by atoms with van der Waals surface area (Å²) in [6.45, 7) is 0.356. The molecule has 0 spiro atoms. The van der Waals surface area contributed by atoms with Crippen molar-refractivity contribution in [2.45, 2.75) is 10.8 Å². The van der Waals surface area contributed by atoms with Crippen molar-refractivity contribution in [2.75, 3.05) is 11.6 Å². The number of aromatic nitrogens is 4. The first-order chi connectivity index (χ1) is 9.54. The first-order valence-corrected chi connectivity index (χ1v) is 8.47. The zero-order chi connectivity index (χ0) is 14.2. The van der Waals surface area contributed by atoms with Crippen LogP contribution in [0.5, 0.6) is 0 Å². The number of sulfone groups is 1. The van der Waals surface area contributed by atoms with Crippen molar-refractivity contribution in [1.82, 2.24) is 20.2 Å². The molecule has 0 saturated carbocycles. The Bertz CT molecular complexity index is 852. The molecule has 0 aliphatic heterocycles. The number of thiophene rings is 1. The molecule has 3 aromatic heterocycles. The number of hydrogen-bond donors (Lipinski definition) is 2. The van der Waals surface area contributed by atoms with E-state index in [1.165, 1.54) is 17.6 Å². The molecule has 0 unspecified atom stereocenters. The summed E-state index contributed by atoms with van der Waals surface area (Å²) >= 11 is 1.21. The Morgan fingerprint density at radius 3 is 3.05 bits per heavy atom. The average Bonchev–Trinajstić information content (AvgIpc) is 3.03. The molecule has 0 atom stereocenters. The Balaban J connectivity index is 1.81. The van der Waals surface area contributed by atoms with Crippen molar-refractivity contribution in [3.8, 4) is 0 Å². The third-order valence-electron chi connectivity index (χ3n) is 2.67.